The second-order valence-corrected chi connectivity index (χ2v) is 4.72. The minimum atomic E-state index is 0.188. The lowest BCUT2D eigenvalue weighted by atomic mass is 10.1. The number of benzene rings is 1. The molecular formula is C15H22N4O. The van der Waals surface area contributed by atoms with Crippen LogP contribution in [0.1, 0.15) is 18.9 Å². The summed E-state index contributed by atoms with van der Waals surface area (Å²) in [6, 6.07) is 10.0. The number of ether oxygens (including phenoxy) is 1. The van der Waals surface area contributed by atoms with Gasteiger partial charge in [-0.1, -0.05) is 18.2 Å². The van der Waals surface area contributed by atoms with Crippen LogP contribution in [0.5, 0.6) is 5.75 Å². The number of nitrogens with zero attached hydrogens (tertiary/aromatic N) is 2. The molecule has 3 N–H and O–H groups in total. The summed E-state index contributed by atoms with van der Waals surface area (Å²) in [6.45, 7) is 3.60. The molecule has 0 saturated carbocycles. The second-order valence-electron chi connectivity index (χ2n) is 4.72. The Morgan fingerprint density at radius 1 is 1.35 bits per heavy atom. The summed E-state index contributed by atoms with van der Waals surface area (Å²) in [4.78, 5) is 0. The van der Waals surface area contributed by atoms with Gasteiger partial charge < -0.3 is 4.74 Å². The summed E-state index contributed by atoms with van der Waals surface area (Å²) in [7, 11) is 0. The van der Waals surface area contributed by atoms with Crippen molar-refractivity contribution in [1.29, 1.82) is 0 Å². The first kappa shape index (κ1) is 14.6. The Morgan fingerprint density at radius 3 is 2.80 bits per heavy atom. The highest BCUT2D eigenvalue weighted by atomic mass is 16.5. The molecule has 0 bridgehead atoms. The predicted octanol–water partition coefficient (Wildman–Crippen LogP) is 1.75. The van der Waals surface area contributed by atoms with Gasteiger partial charge in [-0.25, -0.2) is 0 Å². The largest absolute Gasteiger partial charge is 0.494 e. The molecule has 1 aromatic heterocycles. The minimum absolute atomic E-state index is 0.188. The van der Waals surface area contributed by atoms with Gasteiger partial charge in [-0.2, -0.15) is 5.10 Å². The van der Waals surface area contributed by atoms with Crippen molar-refractivity contribution in [3.8, 4) is 5.75 Å². The zero-order valence-corrected chi connectivity index (χ0v) is 11.8. The quantitative estimate of drug-likeness (QED) is 0.568. The van der Waals surface area contributed by atoms with Crippen molar-refractivity contribution in [3.63, 3.8) is 0 Å². The van der Waals surface area contributed by atoms with Crippen LogP contribution in [0, 0.1) is 0 Å². The van der Waals surface area contributed by atoms with E-state index in [-0.39, 0.29) is 6.04 Å². The summed E-state index contributed by atoms with van der Waals surface area (Å²) in [5, 5.41) is 4.27. The Balaban J connectivity index is 1.77. The number of nitrogens with one attached hydrogen (secondary N) is 1. The van der Waals surface area contributed by atoms with Crippen molar-refractivity contribution in [3.05, 3.63) is 48.3 Å². The van der Waals surface area contributed by atoms with E-state index in [1.165, 1.54) is 5.56 Å². The van der Waals surface area contributed by atoms with E-state index in [2.05, 4.69) is 23.6 Å². The molecule has 0 aliphatic carbocycles. The molecule has 108 valence electrons. The Morgan fingerprint density at radius 2 is 2.15 bits per heavy atom. The molecule has 1 atom stereocenters. The van der Waals surface area contributed by atoms with Crippen molar-refractivity contribution >= 4 is 0 Å². The summed E-state index contributed by atoms with van der Waals surface area (Å²) in [5.41, 5.74) is 4.04. The van der Waals surface area contributed by atoms with Crippen LogP contribution in [0.25, 0.3) is 0 Å². The van der Waals surface area contributed by atoms with E-state index in [0.29, 0.717) is 6.61 Å². The third-order valence-electron chi connectivity index (χ3n) is 3.21. The van der Waals surface area contributed by atoms with Crippen molar-refractivity contribution in [2.75, 3.05) is 6.61 Å². The first-order valence-electron chi connectivity index (χ1n) is 6.97. The summed E-state index contributed by atoms with van der Waals surface area (Å²) in [6.07, 6.45) is 5.66. The Labute approximate surface area is 119 Å². The normalized spacial score (nSPS) is 12.3. The van der Waals surface area contributed by atoms with Crippen molar-refractivity contribution in [2.24, 2.45) is 5.84 Å². The number of hydrogen-bond acceptors (Lipinski definition) is 4. The molecule has 1 heterocycles. The molecule has 0 aliphatic heterocycles. The van der Waals surface area contributed by atoms with E-state index in [1.807, 2.05) is 41.2 Å². The monoisotopic (exact) mass is 274 g/mol. The molecule has 5 heteroatoms. The fourth-order valence-electron chi connectivity index (χ4n) is 2.05. The second kappa shape index (κ2) is 7.67. The van der Waals surface area contributed by atoms with E-state index < -0.39 is 0 Å². The predicted molar refractivity (Wildman–Crippen MR) is 79.3 cm³/mol. The molecule has 0 aliphatic rings. The molecule has 2 aromatic rings. The average Bonchev–Trinajstić information content (AvgIpc) is 2.95. The third kappa shape index (κ3) is 4.36. The molecular weight excluding hydrogens is 252 g/mol. The maximum absolute atomic E-state index is 5.69. The smallest absolute Gasteiger partial charge is 0.119 e. The van der Waals surface area contributed by atoms with E-state index >= 15 is 0 Å². The van der Waals surface area contributed by atoms with E-state index in [9.17, 15) is 0 Å². The van der Waals surface area contributed by atoms with E-state index in [4.69, 9.17) is 10.6 Å². The molecule has 0 fully saturated rings. The van der Waals surface area contributed by atoms with Crippen LogP contribution < -0.4 is 16.0 Å². The van der Waals surface area contributed by atoms with Gasteiger partial charge in [0.15, 0.2) is 0 Å². The summed E-state index contributed by atoms with van der Waals surface area (Å²) >= 11 is 0. The lowest BCUT2D eigenvalue weighted by molar-refractivity contribution is 0.285. The highest BCUT2D eigenvalue weighted by Gasteiger charge is 2.09. The Kier molecular flexibility index (Phi) is 5.58. The fourth-order valence-corrected chi connectivity index (χ4v) is 2.05. The highest BCUT2D eigenvalue weighted by Crippen LogP contribution is 2.10. The van der Waals surface area contributed by atoms with Gasteiger partial charge in [-0.3, -0.25) is 16.0 Å². The number of rotatable bonds is 8. The van der Waals surface area contributed by atoms with Crippen LogP contribution in [0.3, 0.4) is 0 Å². The maximum Gasteiger partial charge on any atom is 0.119 e. The summed E-state index contributed by atoms with van der Waals surface area (Å²) in [5.74, 6) is 6.50. The van der Waals surface area contributed by atoms with Gasteiger partial charge in [0, 0.05) is 18.8 Å². The van der Waals surface area contributed by atoms with E-state index in [1.54, 1.807) is 0 Å². The zero-order valence-electron chi connectivity index (χ0n) is 11.8. The van der Waals surface area contributed by atoms with Gasteiger partial charge in [0.2, 0.25) is 0 Å². The number of aryl methyl sites for hydroxylation is 1. The molecule has 5 nitrogen and oxygen atoms in total. The lowest BCUT2D eigenvalue weighted by Crippen LogP contribution is -2.37. The van der Waals surface area contributed by atoms with Gasteiger partial charge in [0.05, 0.1) is 12.8 Å². The van der Waals surface area contributed by atoms with Crippen molar-refractivity contribution in [2.45, 2.75) is 32.4 Å². The van der Waals surface area contributed by atoms with Gasteiger partial charge >= 0.3 is 0 Å². The molecule has 0 saturated heterocycles. The van der Waals surface area contributed by atoms with Crippen molar-refractivity contribution < 1.29 is 4.74 Å². The number of para-hydroxylation sites is 1. The maximum atomic E-state index is 5.69. The van der Waals surface area contributed by atoms with Crippen LogP contribution in [0.15, 0.2) is 42.7 Å². The number of nitrogens with two attached hydrogens (primary N) is 1. The van der Waals surface area contributed by atoms with Crippen molar-refractivity contribution in [1.82, 2.24) is 15.2 Å². The lowest BCUT2D eigenvalue weighted by Gasteiger charge is -2.15. The first-order chi connectivity index (χ1) is 9.81. The topological polar surface area (TPSA) is 65.1 Å². The molecule has 20 heavy (non-hydrogen) atoms. The minimum Gasteiger partial charge on any atom is -0.494 e. The highest BCUT2D eigenvalue weighted by molar-refractivity contribution is 5.20. The van der Waals surface area contributed by atoms with Crippen LogP contribution in [0.2, 0.25) is 0 Å². The molecule has 0 spiro atoms. The number of hydrazine groups is 1. The Bertz CT molecular complexity index is 498. The zero-order chi connectivity index (χ0) is 14.2. The average molecular weight is 274 g/mol. The standard InChI is InChI=1S/C15H22N4O/c1-2-19-12-13(11-17-19)10-14(18-16)8-9-20-15-6-4-3-5-7-15/h3-7,11-12,14,18H,2,8-10,16H2,1H3. The molecule has 1 aromatic carbocycles. The number of aromatic nitrogens is 2. The van der Waals surface area contributed by atoms with Gasteiger partial charge in [0.25, 0.3) is 0 Å². The third-order valence-corrected chi connectivity index (χ3v) is 3.21. The SMILES string of the molecule is CCn1cc(CC(CCOc2ccccc2)NN)cn1. The van der Waals surface area contributed by atoms with Gasteiger partial charge in [-0.15, -0.1) is 0 Å². The first-order valence-corrected chi connectivity index (χ1v) is 6.97. The number of hydrogen-bond donors (Lipinski definition) is 2. The van der Waals surface area contributed by atoms with Crippen LogP contribution >= 0.6 is 0 Å². The molecule has 0 amide bonds. The fraction of sp³-hybridized carbons (Fsp3) is 0.400. The Hall–Kier alpha value is -1.85. The van der Waals surface area contributed by atoms with Gasteiger partial charge in [-0.05, 0) is 37.5 Å². The van der Waals surface area contributed by atoms with Crippen LogP contribution in [-0.4, -0.2) is 22.4 Å². The molecule has 2 rings (SSSR count). The molecule has 0 radical (unpaired) electrons. The van der Waals surface area contributed by atoms with Crippen LogP contribution in [-0.2, 0) is 13.0 Å². The van der Waals surface area contributed by atoms with Gasteiger partial charge in [0.1, 0.15) is 5.75 Å². The summed E-state index contributed by atoms with van der Waals surface area (Å²) < 4.78 is 7.61. The van der Waals surface area contributed by atoms with E-state index in [0.717, 1.165) is 25.1 Å². The molecule has 1 unspecified atom stereocenters. The van der Waals surface area contributed by atoms with Crippen LogP contribution in [0.4, 0.5) is 0 Å².